The Morgan fingerprint density at radius 3 is 2.54 bits per heavy atom. The number of hydrogen-bond acceptors (Lipinski definition) is 6. The smallest absolute Gasteiger partial charge is 0.240 e. The van der Waals surface area contributed by atoms with Crippen LogP contribution in [0.2, 0.25) is 0 Å². The first kappa shape index (κ1) is 21.0. The number of sulfonamides is 1. The van der Waals surface area contributed by atoms with Crippen molar-refractivity contribution in [3.63, 3.8) is 0 Å². The number of nitrogens with one attached hydrogen (secondary N) is 1. The van der Waals surface area contributed by atoms with Crippen LogP contribution in [0.1, 0.15) is 19.3 Å². The summed E-state index contributed by atoms with van der Waals surface area (Å²) >= 11 is 0. The fourth-order valence-corrected chi connectivity index (χ4v) is 4.71. The second-order valence-corrected chi connectivity index (χ2v) is 9.15. The lowest BCUT2D eigenvalue weighted by Gasteiger charge is -2.32. The summed E-state index contributed by atoms with van der Waals surface area (Å²) in [7, 11) is -0.00341. The predicted octanol–water partition coefficient (Wildman–Crippen LogP) is 0.738. The van der Waals surface area contributed by atoms with Gasteiger partial charge in [-0.05, 0) is 44.6 Å². The van der Waals surface area contributed by atoms with Crippen molar-refractivity contribution >= 4 is 21.6 Å². The summed E-state index contributed by atoms with van der Waals surface area (Å²) in [5, 5.41) is 0. The number of carbonyl (C=O) groups excluding carboxylic acids is 1. The molecule has 8 nitrogen and oxygen atoms in total. The number of anilines is 1. The van der Waals surface area contributed by atoms with Crippen LogP contribution < -0.4 is 14.4 Å². The lowest BCUT2D eigenvalue weighted by Crippen LogP contribution is -2.45. The summed E-state index contributed by atoms with van der Waals surface area (Å²) in [4.78, 5) is 18.5. The van der Waals surface area contributed by atoms with Gasteiger partial charge in [-0.25, -0.2) is 13.1 Å². The van der Waals surface area contributed by atoms with Gasteiger partial charge in [-0.15, -0.1) is 0 Å². The summed E-state index contributed by atoms with van der Waals surface area (Å²) in [6.45, 7) is 6.00. The number of benzene rings is 1. The first-order valence-corrected chi connectivity index (χ1v) is 11.3. The van der Waals surface area contributed by atoms with Gasteiger partial charge >= 0.3 is 0 Å². The van der Waals surface area contributed by atoms with Crippen LogP contribution >= 0.6 is 0 Å². The van der Waals surface area contributed by atoms with Crippen LogP contribution in [0.15, 0.2) is 23.1 Å². The van der Waals surface area contributed by atoms with E-state index in [9.17, 15) is 13.2 Å². The molecular weight excluding hydrogens is 380 g/mol. The molecule has 156 valence electrons. The number of methoxy groups -OCH3 is 1. The zero-order valence-electron chi connectivity index (χ0n) is 16.7. The van der Waals surface area contributed by atoms with E-state index in [1.54, 1.807) is 11.0 Å². The van der Waals surface area contributed by atoms with E-state index in [0.29, 0.717) is 30.9 Å². The van der Waals surface area contributed by atoms with Crippen molar-refractivity contribution in [2.45, 2.75) is 24.2 Å². The van der Waals surface area contributed by atoms with Gasteiger partial charge in [0, 0.05) is 45.7 Å². The van der Waals surface area contributed by atoms with Crippen LogP contribution in [0.3, 0.4) is 0 Å². The molecule has 1 aromatic carbocycles. The molecule has 0 aromatic heterocycles. The standard InChI is InChI=1S/C19H30N4O4S/c1-21-11-13-22(14-12-21)9-4-8-20-28(25,26)16-6-7-18(27-2)17(15-16)23-10-3-5-19(23)24/h6-7,15,20H,3-5,8-14H2,1-2H3. The number of likely N-dealkylation sites (N-methyl/N-ethyl adjacent to an activating group) is 1. The Morgan fingerprint density at radius 2 is 1.89 bits per heavy atom. The molecule has 28 heavy (non-hydrogen) atoms. The lowest BCUT2D eigenvalue weighted by atomic mass is 10.2. The van der Waals surface area contributed by atoms with Gasteiger partial charge in [0.2, 0.25) is 15.9 Å². The molecule has 0 bridgehead atoms. The second-order valence-electron chi connectivity index (χ2n) is 7.38. The number of rotatable bonds is 8. The molecule has 1 amide bonds. The fraction of sp³-hybridized carbons (Fsp3) is 0.632. The topological polar surface area (TPSA) is 82.2 Å². The van der Waals surface area contributed by atoms with Gasteiger partial charge in [-0.2, -0.15) is 0 Å². The third kappa shape index (κ3) is 5.02. The zero-order valence-corrected chi connectivity index (χ0v) is 17.5. The molecule has 2 fully saturated rings. The lowest BCUT2D eigenvalue weighted by molar-refractivity contribution is -0.117. The summed E-state index contributed by atoms with van der Waals surface area (Å²) < 4.78 is 33.4. The third-order valence-corrected chi connectivity index (χ3v) is 6.82. The van der Waals surface area contributed by atoms with E-state index in [1.807, 2.05) is 0 Å². The molecule has 9 heteroatoms. The number of nitrogens with zero attached hydrogens (tertiary/aromatic N) is 3. The maximum atomic E-state index is 12.7. The van der Waals surface area contributed by atoms with Crippen LogP contribution in [0.4, 0.5) is 5.69 Å². The Morgan fingerprint density at radius 1 is 1.14 bits per heavy atom. The predicted molar refractivity (Wildman–Crippen MR) is 108 cm³/mol. The average Bonchev–Trinajstić information content (AvgIpc) is 3.12. The molecule has 1 N–H and O–H groups in total. The van der Waals surface area contributed by atoms with Gasteiger partial charge in [0.05, 0.1) is 17.7 Å². The molecule has 0 atom stereocenters. The average molecular weight is 411 g/mol. The van der Waals surface area contributed by atoms with E-state index in [2.05, 4.69) is 21.6 Å². The van der Waals surface area contributed by atoms with Gasteiger partial charge < -0.3 is 19.4 Å². The van der Waals surface area contributed by atoms with E-state index in [1.165, 1.54) is 19.2 Å². The number of ether oxygens (including phenoxy) is 1. The van der Waals surface area contributed by atoms with E-state index in [4.69, 9.17) is 4.74 Å². The molecule has 0 spiro atoms. The summed E-state index contributed by atoms with van der Waals surface area (Å²) in [5.41, 5.74) is 0.519. The first-order chi connectivity index (χ1) is 13.4. The molecule has 2 aliphatic heterocycles. The van der Waals surface area contributed by atoms with Crippen molar-refractivity contribution in [3.05, 3.63) is 18.2 Å². The first-order valence-electron chi connectivity index (χ1n) is 9.80. The second kappa shape index (κ2) is 9.21. The van der Waals surface area contributed by atoms with E-state index < -0.39 is 10.0 Å². The minimum absolute atomic E-state index is 0.00650. The molecule has 1 aromatic rings. The van der Waals surface area contributed by atoms with Crippen LogP contribution in [0.25, 0.3) is 0 Å². The Bertz CT molecular complexity index is 791. The Labute approximate surface area is 167 Å². The maximum Gasteiger partial charge on any atom is 0.240 e. The fourth-order valence-electron chi connectivity index (χ4n) is 3.61. The van der Waals surface area contributed by atoms with Crippen molar-refractivity contribution in [2.24, 2.45) is 0 Å². The largest absolute Gasteiger partial charge is 0.495 e. The molecule has 3 rings (SSSR count). The molecule has 2 heterocycles. The van der Waals surface area contributed by atoms with Gasteiger partial charge in [0.15, 0.2) is 0 Å². The number of amides is 1. The molecule has 0 unspecified atom stereocenters. The van der Waals surface area contributed by atoms with Crippen molar-refractivity contribution in [2.75, 3.05) is 64.9 Å². The van der Waals surface area contributed by atoms with Crippen LogP contribution in [0.5, 0.6) is 5.75 Å². The van der Waals surface area contributed by atoms with Crippen molar-refractivity contribution < 1.29 is 17.9 Å². The molecule has 0 saturated carbocycles. The van der Waals surface area contributed by atoms with Crippen molar-refractivity contribution in [3.8, 4) is 5.75 Å². The molecule has 0 aliphatic carbocycles. The van der Waals surface area contributed by atoms with Crippen LogP contribution in [0, 0.1) is 0 Å². The van der Waals surface area contributed by atoms with Crippen molar-refractivity contribution in [1.82, 2.24) is 14.5 Å². The van der Waals surface area contributed by atoms with Crippen LogP contribution in [-0.2, 0) is 14.8 Å². The van der Waals surface area contributed by atoms with Gasteiger partial charge in [-0.3, -0.25) is 4.79 Å². The Kier molecular flexibility index (Phi) is 6.92. The molecule has 2 saturated heterocycles. The minimum Gasteiger partial charge on any atom is -0.495 e. The SMILES string of the molecule is COc1ccc(S(=O)(=O)NCCCN2CCN(C)CC2)cc1N1CCCC1=O. The van der Waals surface area contributed by atoms with Gasteiger partial charge in [0.1, 0.15) is 5.75 Å². The summed E-state index contributed by atoms with van der Waals surface area (Å²) in [5.74, 6) is 0.497. The van der Waals surface area contributed by atoms with E-state index in [0.717, 1.165) is 45.6 Å². The number of hydrogen-bond donors (Lipinski definition) is 1. The minimum atomic E-state index is -3.64. The highest BCUT2D eigenvalue weighted by Crippen LogP contribution is 2.33. The number of carbonyl (C=O) groups is 1. The Hall–Kier alpha value is -1.68. The molecule has 0 radical (unpaired) electrons. The number of piperazine rings is 1. The highest BCUT2D eigenvalue weighted by molar-refractivity contribution is 7.89. The monoisotopic (exact) mass is 410 g/mol. The maximum absolute atomic E-state index is 12.7. The summed E-state index contributed by atoms with van der Waals surface area (Å²) in [6.07, 6.45) is 2.00. The third-order valence-electron chi connectivity index (χ3n) is 5.36. The quantitative estimate of drug-likeness (QED) is 0.637. The van der Waals surface area contributed by atoms with Crippen LogP contribution in [-0.4, -0.2) is 84.1 Å². The van der Waals surface area contributed by atoms with Gasteiger partial charge in [-0.1, -0.05) is 0 Å². The Balaban J connectivity index is 1.60. The van der Waals surface area contributed by atoms with Gasteiger partial charge in [0.25, 0.3) is 0 Å². The zero-order chi connectivity index (χ0) is 20.1. The molecular formula is C19H30N4O4S. The highest BCUT2D eigenvalue weighted by Gasteiger charge is 2.26. The van der Waals surface area contributed by atoms with E-state index in [-0.39, 0.29) is 10.8 Å². The highest BCUT2D eigenvalue weighted by atomic mass is 32.2. The van der Waals surface area contributed by atoms with E-state index >= 15 is 0 Å². The molecule has 2 aliphatic rings. The van der Waals surface area contributed by atoms with Crippen molar-refractivity contribution in [1.29, 1.82) is 0 Å². The normalized spacial score (nSPS) is 19.4. The summed E-state index contributed by atoms with van der Waals surface area (Å²) in [6, 6.07) is 4.66.